The van der Waals surface area contributed by atoms with E-state index < -0.39 is 22.4 Å². The summed E-state index contributed by atoms with van der Waals surface area (Å²) >= 11 is 2.69. The maximum absolute atomic E-state index is 13.0. The number of nitro benzene ring substituents is 1. The normalized spacial score (nSPS) is 9.86. The fourth-order valence-electron chi connectivity index (χ4n) is 0.831. The molecule has 0 saturated heterocycles. The summed E-state index contributed by atoms with van der Waals surface area (Å²) in [5, 5.41) is 18.8. The fraction of sp³-hybridized carbons (Fsp3) is 0. The van der Waals surface area contributed by atoms with Gasteiger partial charge in [0, 0.05) is 6.07 Å². The molecule has 1 N–H and O–H groups in total. The Labute approximate surface area is 85.4 Å². The minimum absolute atomic E-state index is 0.246. The van der Waals surface area contributed by atoms with E-state index in [1.165, 1.54) is 0 Å². The molecule has 0 aliphatic carbocycles. The Balaban J connectivity index is 3.43. The second kappa shape index (κ2) is 3.70. The van der Waals surface area contributed by atoms with Crippen molar-refractivity contribution < 1.29 is 19.2 Å². The Hall–Kier alpha value is -1.50. The number of carboxylic acid groups (broad SMARTS) is 1. The van der Waals surface area contributed by atoms with Crippen LogP contribution < -0.4 is 0 Å². The molecule has 0 aliphatic heterocycles. The number of hydrogen-bond acceptors (Lipinski definition) is 3. The van der Waals surface area contributed by atoms with Crippen LogP contribution in [-0.4, -0.2) is 16.0 Å². The number of hydrogen-bond donors (Lipinski definition) is 1. The molecule has 0 radical (unpaired) electrons. The second-order valence-electron chi connectivity index (χ2n) is 2.35. The maximum Gasteiger partial charge on any atom is 0.335 e. The second-order valence-corrected chi connectivity index (χ2v) is 3.21. The lowest BCUT2D eigenvalue weighted by Crippen LogP contribution is -2.01. The number of benzene rings is 1. The van der Waals surface area contributed by atoms with E-state index in [1.807, 2.05) is 0 Å². The molecule has 1 aromatic carbocycles. The predicted octanol–water partition coefficient (Wildman–Crippen LogP) is 2.19. The first kappa shape index (κ1) is 10.6. The zero-order valence-corrected chi connectivity index (χ0v) is 8.12. The first-order chi connectivity index (χ1) is 6.43. The molecule has 0 fully saturated rings. The van der Waals surface area contributed by atoms with Gasteiger partial charge in [0.2, 0.25) is 5.82 Å². The molecule has 0 aliphatic rings. The van der Waals surface area contributed by atoms with Crippen molar-refractivity contribution in [3.8, 4) is 0 Å². The monoisotopic (exact) mass is 263 g/mol. The van der Waals surface area contributed by atoms with E-state index in [9.17, 15) is 19.3 Å². The molecule has 0 amide bonds. The largest absolute Gasteiger partial charge is 0.478 e. The average Bonchev–Trinajstić information content (AvgIpc) is 2.08. The van der Waals surface area contributed by atoms with E-state index in [2.05, 4.69) is 15.9 Å². The predicted molar refractivity (Wildman–Crippen MR) is 47.7 cm³/mol. The van der Waals surface area contributed by atoms with Crippen LogP contribution in [0.25, 0.3) is 0 Å². The summed E-state index contributed by atoms with van der Waals surface area (Å²) in [7, 11) is 0. The van der Waals surface area contributed by atoms with Crippen LogP contribution in [0.1, 0.15) is 10.4 Å². The van der Waals surface area contributed by atoms with Crippen LogP contribution in [0.4, 0.5) is 10.1 Å². The van der Waals surface area contributed by atoms with E-state index in [0.29, 0.717) is 6.07 Å². The van der Waals surface area contributed by atoms with Crippen molar-refractivity contribution in [3.63, 3.8) is 0 Å². The van der Waals surface area contributed by atoms with E-state index in [1.54, 1.807) is 0 Å². The average molecular weight is 264 g/mol. The summed E-state index contributed by atoms with van der Waals surface area (Å²) in [5.74, 6) is -2.44. The third kappa shape index (κ3) is 1.87. The molecule has 0 unspecified atom stereocenters. The number of nitrogens with zero attached hydrogens (tertiary/aromatic N) is 1. The number of aromatic carboxylic acids is 1. The van der Waals surface area contributed by atoms with Gasteiger partial charge < -0.3 is 5.11 Å². The van der Waals surface area contributed by atoms with Crippen molar-refractivity contribution in [3.05, 3.63) is 38.1 Å². The van der Waals surface area contributed by atoms with Crippen molar-refractivity contribution in [2.75, 3.05) is 0 Å². The summed E-state index contributed by atoms with van der Waals surface area (Å²) < 4.78 is 12.8. The van der Waals surface area contributed by atoms with Crippen molar-refractivity contribution in [2.24, 2.45) is 0 Å². The molecule has 0 saturated carbocycles. The Morgan fingerprint density at radius 2 is 2.14 bits per heavy atom. The zero-order valence-electron chi connectivity index (χ0n) is 6.53. The summed E-state index contributed by atoms with van der Waals surface area (Å²) in [4.78, 5) is 19.8. The van der Waals surface area contributed by atoms with E-state index in [0.717, 1.165) is 6.07 Å². The van der Waals surface area contributed by atoms with Crippen LogP contribution in [-0.2, 0) is 0 Å². The van der Waals surface area contributed by atoms with Crippen molar-refractivity contribution in [1.82, 2.24) is 0 Å². The minimum atomic E-state index is -1.35. The van der Waals surface area contributed by atoms with E-state index in [-0.39, 0.29) is 10.0 Å². The lowest BCUT2D eigenvalue weighted by Gasteiger charge is -1.99. The molecule has 0 bridgehead atoms. The Morgan fingerprint density at radius 3 is 2.57 bits per heavy atom. The van der Waals surface area contributed by atoms with Crippen LogP contribution in [0.2, 0.25) is 0 Å². The van der Waals surface area contributed by atoms with E-state index in [4.69, 9.17) is 5.11 Å². The van der Waals surface area contributed by atoms with Gasteiger partial charge >= 0.3 is 11.7 Å². The highest BCUT2D eigenvalue weighted by Crippen LogP contribution is 2.26. The molecular weight excluding hydrogens is 261 g/mol. The van der Waals surface area contributed by atoms with Crippen LogP contribution in [0, 0.1) is 15.9 Å². The Bertz CT molecular complexity index is 420. The summed E-state index contributed by atoms with van der Waals surface area (Å²) in [6.45, 7) is 0. The standard InChI is InChI=1S/C7H3BrFNO4/c8-4-1-3(7(11)12)2-5(6(4)9)10(13)14/h1-2H,(H,11,12). The fourth-order valence-corrected chi connectivity index (χ4v) is 1.28. The van der Waals surface area contributed by atoms with Gasteiger partial charge in [-0.25, -0.2) is 4.79 Å². The summed E-state index contributed by atoms with van der Waals surface area (Å²) in [6.07, 6.45) is 0. The highest BCUT2D eigenvalue weighted by Gasteiger charge is 2.20. The first-order valence-corrected chi connectivity index (χ1v) is 4.09. The third-order valence-electron chi connectivity index (χ3n) is 1.45. The van der Waals surface area contributed by atoms with Gasteiger partial charge in [-0.3, -0.25) is 10.1 Å². The highest BCUT2D eigenvalue weighted by atomic mass is 79.9. The van der Waals surface area contributed by atoms with Gasteiger partial charge in [0.25, 0.3) is 0 Å². The van der Waals surface area contributed by atoms with Crippen molar-refractivity contribution in [1.29, 1.82) is 0 Å². The molecule has 1 rings (SSSR count). The lowest BCUT2D eigenvalue weighted by molar-refractivity contribution is -0.387. The molecule has 7 heteroatoms. The van der Waals surface area contributed by atoms with Gasteiger partial charge in [-0.15, -0.1) is 0 Å². The van der Waals surface area contributed by atoms with Gasteiger partial charge in [-0.05, 0) is 22.0 Å². The SMILES string of the molecule is O=C(O)c1cc(Br)c(F)c([N+](=O)[O-])c1. The van der Waals surface area contributed by atoms with Gasteiger partial charge in [0.05, 0.1) is 15.0 Å². The number of halogens is 2. The molecular formula is C7H3BrFNO4. The van der Waals surface area contributed by atoms with Gasteiger partial charge in [-0.1, -0.05) is 0 Å². The van der Waals surface area contributed by atoms with Crippen molar-refractivity contribution in [2.45, 2.75) is 0 Å². The van der Waals surface area contributed by atoms with Gasteiger partial charge in [-0.2, -0.15) is 4.39 Å². The number of nitro groups is 1. The van der Waals surface area contributed by atoms with Crippen LogP contribution in [0.5, 0.6) is 0 Å². The molecule has 0 aromatic heterocycles. The van der Waals surface area contributed by atoms with Crippen molar-refractivity contribution >= 4 is 27.6 Å². The molecule has 74 valence electrons. The molecule has 14 heavy (non-hydrogen) atoms. The molecule has 5 nitrogen and oxygen atoms in total. The summed E-state index contributed by atoms with van der Waals surface area (Å²) in [6, 6.07) is 1.63. The molecule has 1 aromatic rings. The minimum Gasteiger partial charge on any atom is -0.478 e. The van der Waals surface area contributed by atoms with Gasteiger partial charge in [0.15, 0.2) is 0 Å². The molecule has 0 atom stereocenters. The van der Waals surface area contributed by atoms with Gasteiger partial charge in [0.1, 0.15) is 0 Å². The smallest absolute Gasteiger partial charge is 0.335 e. The third-order valence-corrected chi connectivity index (χ3v) is 2.03. The van der Waals surface area contributed by atoms with Crippen LogP contribution in [0.15, 0.2) is 16.6 Å². The number of carbonyl (C=O) groups is 1. The first-order valence-electron chi connectivity index (χ1n) is 3.30. The Morgan fingerprint density at radius 1 is 1.57 bits per heavy atom. The van der Waals surface area contributed by atoms with Crippen LogP contribution >= 0.6 is 15.9 Å². The molecule has 0 spiro atoms. The zero-order chi connectivity index (χ0) is 10.9. The Kier molecular flexibility index (Phi) is 2.80. The number of carboxylic acids is 1. The summed E-state index contributed by atoms with van der Waals surface area (Å²) in [5.41, 5.74) is -1.21. The van der Waals surface area contributed by atoms with Crippen LogP contribution in [0.3, 0.4) is 0 Å². The maximum atomic E-state index is 13.0. The van der Waals surface area contributed by atoms with E-state index >= 15 is 0 Å². The molecule has 0 heterocycles. The quantitative estimate of drug-likeness (QED) is 0.655. The number of rotatable bonds is 2. The lowest BCUT2D eigenvalue weighted by atomic mass is 10.2. The highest BCUT2D eigenvalue weighted by molar-refractivity contribution is 9.10. The topological polar surface area (TPSA) is 80.4 Å².